The Morgan fingerprint density at radius 2 is 1.80 bits per heavy atom. The number of hydrogen-bond donors (Lipinski definition) is 1. The fraction of sp³-hybridized carbons (Fsp3) is 0.250. The molecule has 2 aromatic carbocycles. The molecular formula is C20H22Cl2N2O. The highest BCUT2D eigenvalue weighted by molar-refractivity contribution is 5.86. The Hall–Kier alpha value is -1.65. The van der Waals surface area contributed by atoms with Gasteiger partial charge in [-0.3, -0.25) is 4.98 Å². The number of nitrogens with zero attached hydrogens (tertiary/aromatic N) is 1. The molecule has 3 nitrogen and oxygen atoms in total. The first-order chi connectivity index (χ1) is 11.4. The van der Waals surface area contributed by atoms with Crippen LogP contribution in [0.15, 0.2) is 67.0 Å². The van der Waals surface area contributed by atoms with Gasteiger partial charge in [-0.15, -0.1) is 24.8 Å². The van der Waals surface area contributed by atoms with Crippen molar-refractivity contribution in [3.8, 4) is 0 Å². The highest BCUT2D eigenvalue weighted by Crippen LogP contribution is 2.27. The Balaban J connectivity index is 0.00000113. The van der Waals surface area contributed by atoms with E-state index in [0.717, 1.165) is 18.5 Å². The third kappa shape index (κ3) is 4.31. The molecule has 0 saturated carbocycles. The predicted octanol–water partition coefficient (Wildman–Crippen LogP) is 4.35. The van der Waals surface area contributed by atoms with Crippen molar-refractivity contribution < 1.29 is 4.74 Å². The summed E-state index contributed by atoms with van der Waals surface area (Å²) in [5.74, 6) is 0.424. The predicted molar refractivity (Wildman–Crippen MR) is 107 cm³/mol. The first-order valence-electron chi connectivity index (χ1n) is 8.11. The van der Waals surface area contributed by atoms with E-state index in [1.165, 1.54) is 16.5 Å². The van der Waals surface area contributed by atoms with E-state index in [1.54, 1.807) is 0 Å². The van der Waals surface area contributed by atoms with Crippen LogP contribution in [-0.4, -0.2) is 24.2 Å². The van der Waals surface area contributed by atoms with Gasteiger partial charge in [0.1, 0.15) is 0 Å². The molecule has 2 atom stereocenters. The highest BCUT2D eigenvalue weighted by Gasteiger charge is 2.29. The van der Waals surface area contributed by atoms with Gasteiger partial charge in [-0.2, -0.15) is 0 Å². The molecule has 0 aliphatic carbocycles. The second kappa shape index (κ2) is 9.16. The summed E-state index contributed by atoms with van der Waals surface area (Å²) in [4.78, 5) is 4.19. The molecule has 132 valence electrons. The van der Waals surface area contributed by atoms with Crippen molar-refractivity contribution in [2.45, 2.75) is 18.6 Å². The number of halogens is 2. The fourth-order valence-electron chi connectivity index (χ4n) is 3.37. The molecule has 1 aliphatic rings. The lowest BCUT2D eigenvalue weighted by molar-refractivity contribution is 0.0439. The van der Waals surface area contributed by atoms with Gasteiger partial charge in [-0.25, -0.2) is 0 Å². The van der Waals surface area contributed by atoms with E-state index in [1.807, 2.05) is 12.4 Å². The van der Waals surface area contributed by atoms with Gasteiger partial charge in [0.15, 0.2) is 0 Å². The van der Waals surface area contributed by atoms with Crippen LogP contribution in [0.5, 0.6) is 0 Å². The normalized spacial score (nSPS) is 19.2. The lowest BCUT2D eigenvalue weighted by Crippen LogP contribution is -2.21. The SMILES string of the molecule is Cl.Cl.c1ccc([C@H]2CNC[C@@H]2OCc2cccc3cnccc23)cc1. The van der Waals surface area contributed by atoms with Gasteiger partial charge in [-0.05, 0) is 22.6 Å². The van der Waals surface area contributed by atoms with Crippen LogP contribution in [0.4, 0.5) is 0 Å². The van der Waals surface area contributed by atoms with Crippen LogP contribution in [0.25, 0.3) is 10.8 Å². The van der Waals surface area contributed by atoms with Crippen molar-refractivity contribution in [2.24, 2.45) is 0 Å². The summed E-state index contributed by atoms with van der Waals surface area (Å²) in [6, 6.07) is 19.0. The van der Waals surface area contributed by atoms with Gasteiger partial charge in [0.05, 0.1) is 12.7 Å². The van der Waals surface area contributed by atoms with E-state index < -0.39 is 0 Å². The third-order valence-corrected chi connectivity index (χ3v) is 4.61. The molecule has 1 saturated heterocycles. The quantitative estimate of drug-likeness (QED) is 0.734. The molecule has 0 bridgehead atoms. The van der Waals surface area contributed by atoms with Crippen LogP contribution in [0.2, 0.25) is 0 Å². The summed E-state index contributed by atoms with van der Waals surface area (Å²) in [6.07, 6.45) is 3.97. The lowest BCUT2D eigenvalue weighted by atomic mass is 9.96. The maximum absolute atomic E-state index is 6.28. The Bertz CT molecular complexity index is 793. The largest absolute Gasteiger partial charge is 0.372 e. The second-order valence-corrected chi connectivity index (χ2v) is 6.04. The summed E-state index contributed by atoms with van der Waals surface area (Å²) >= 11 is 0. The van der Waals surface area contributed by atoms with E-state index in [0.29, 0.717) is 12.5 Å². The van der Waals surface area contributed by atoms with Crippen molar-refractivity contribution in [2.75, 3.05) is 13.1 Å². The molecule has 0 radical (unpaired) electrons. The zero-order chi connectivity index (χ0) is 15.5. The van der Waals surface area contributed by atoms with Crippen LogP contribution in [0, 0.1) is 0 Å². The van der Waals surface area contributed by atoms with E-state index in [4.69, 9.17) is 4.74 Å². The Morgan fingerprint density at radius 3 is 2.64 bits per heavy atom. The van der Waals surface area contributed by atoms with Gasteiger partial charge in [-0.1, -0.05) is 48.5 Å². The van der Waals surface area contributed by atoms with Gasteiger partial charge in [0.25, 0.3) is 0 Å². The summed E-state index contributed by atoms with van der Waals surface area (Å²) in [5, 5.41) is 5.85. The molecule has 3 aromatic rings. The topological polar surface area (TPSA) is 34.1 Å². The van der Waals surface area contributed by atoms with E-state index in [-0.39, 0.29) is 30.9 Å². The number of hydrogen-bond acceptors (Lipinski definition) is 3. The summed E-state index contributed by atoms with van der Waals surface area (Å²) in [6.45, 7) is 2.52. The van der Waals surface area contributed by atoms with Crippen LogP contribution in [-0.2, 0) is 11.3 Å². The van der Waals surface area contributed by atoms with Crippen LogP contribution in [0.1, 0.15) is 17.0 Å². The minimum atomic E-state index is 0. The van der Waals surface area contributed by atoms with Crippen LogP contribution in [0.3, 0.4) is 0 Å². The van der Waals surface area contributed by atoms with Crippen molar-refractivity contribution >= 4 is 35.6 Å². The van der Waals surface area contributed by atoms with Gasteiger partial charge in [0.2, 0.25) is 0 Å². The van der Waals surface area contributed by atoms with E-state index in [2.05, 4.69) is 64.9 Å². The molecule has 0 amide bonds. The molecule has 25 heavy (non-hydrogen) atoms. The number of rotatable bonds is 4. The van der Waals surface area contributed by atoms with Gasteiger partial charge in [0, 0.05) is 36.8 Å². The van der Waals surface area contributed by atoms with Gasteiger partial charge < -0.3 is 10.1 Å². The standard InChI is InChI=1S/C20H20N2O.2ClH/c1-2-5-15(6-3-1)19-12-22-13-20(19)23-14-17-8-4-7-16-11-21-10-9-18(16)17;;/h1-11,19-20,22H,12-14H2;2*1H/t19-,20+;;/m1../s1. The number of ether oxygens (including phenoxy) is 1. The van der Waals surface area contributed by atoms with Gasteiger partial charge >= 0.3 is 0 Å². The zero-order valence-corrected chi connectivity index (χ0v) is 15.4. The monoisotopic (exact) mass is 376 g/mol. The smallest absolute Gasteiger partial charge is 0.0784 e. The summed E-state index contributed by atoms with van der Waals surface area (Å²) in [5.41, 5.74) is 2.58. The summed E-state index contributed by atoms with van der Waals surface area (Å²) in [7, 11) is 0. The Kier molecular flexibility index (Phi) is 7.21. The maximum atomic E-state index is 6.28. The minimum absolute atomic E-state index is 0. The van der Waals surface area contributed by atoms with E-state index in [9.17, 15) is 0 Å². The first kappa shape index (κ1) is 19.7. The van der Waals surface area contributed by atoms with Crippen LogP contribution < -0.4 is 5.32 Å². The number of nitrogens with one attached hydrogen (secondary N) is 1. The molecule has 0 unspecified atom stereocenters. The number of fused-ring (bicyclic) bond motifs is 1. The van der Waals surface area contributed by atoms with Crippen molar-refractivity contribution in [3.63, 3.8) is 0 Å². The Labute approximate surface area is 160 Å². The zero-order valence-electron chi connectivity index (χ0n) is 13.8. The number of pyridine rings is 1. The summed E-state index contributed by atoms with van der Waals surface area (Å²) < 4.78 is 6.28. The fourth-order valence-corrected chi connectivity index (χ4v) is 3.37. The molecule has 4 rings (SSSR count). The van der Waals surface area contributed by atoms with Crippen molar-refractivity contribution in [3.05, 3.63) is 78.1 Å². The molecule has 1 aromatic heterocycles. The second-order valence-electron chi connectivity index (χ2n) is 6.04. The molecule has 0 spiro atoms. The average molecular weight is 377 g/mol. The van der Waals surface area contributed by atoms with Crippen molar-refractivity contribution in [1.29, 1.82) is 0 Å². The van der Waals surface area contributed by atoms with Crippen molar-refractivity contribution in [1.82, 2.24) is 10.3 Å². The molecule has 1 aliphatic heterocycles. The maximum Gasteiger partial charge on any atom is 0.0784 e. The highest BCUT2D eigenvalue weighted by atomic mass is 35.5. The molecule has 1 fully saturated rings. The third-order valence-electron chi connectivity index (χ3n) is 4.61. The first-order valence-corrected chi connectivity index (χ1v) is 8.11. The van der Waals surface area contributed by atoms with E-state index >= 15 is 0 Å². The average Bonchev–Trinajstić information content (AvgIpc) is 3.09. The minimum Gasteiger partial charge on any atom is -0.372 e. The Morgan fingerprint density at radius 1 is 0.960 bits per heavy atom. The molecule has 1 N–H and O–H groups in total. The molecular weight excluding hydrogens is 355 g/mol. The molecule has 5 heteroatoms. The lowest BCUT2D eigenvalue weighted by Gasteiger charge is -2.20. The van der Waals surface area contributed by atoms with Crippen LogP contribution >= 0.6 is 24.8 Å². The number of aromatic nitrogens is 1. The molecule has 2 heterocycles. The number of benzene rings is 2.